The van der Waals surface area contributed by atoms with Crippen molar-refractivity contribution < 1.29 is 5.11 Å². The van der Waals surface area contributed by atoms with Crippen LogP contribution in [0.25, 0.3) is 10.9 Å². The Kier molecular flexibility index (Phi) is 9.55. The molecule has 154 valence electrons. The summed E-state index contributed by atoms with van der Waals surface area (Å²) in [4.78, 5) is 9.34. The highest BCUT2D eigenvalue weighted by atomic mass is 16.3. The third-order valence-electron chi connectivity index (χ3n) is 4.52. The van der Waals surface area contributed by atoms with Crippen molar-refractivity contribution in [3.05, 3.63) is 36.4 Å². The van der Waals surface area contributed by atoms with E-state index in [1.807, 2.05) is 24.3 Å². The van der Waals surface area contributed by atoms with Gasteiger partial charge in [-0.1, -0.05) is 32.0 Å². The zero-order valence-corrected chi connectivity index (χ0v) is 17.4. The first-order chi connectivity index (χ1) is 13.6. The Balaban J connectivity index is 1.82. The maximum atomic E-state index is 9.27. The first kappa shape index (κ1) is 22.0. The van der Waals surface area contributed by atoms with Crippen LogP contribution in [0.2, 0.25) is 0 Å². The standard InChI is InChI=1S/C22H35N5O/c1-4-23-22(26-16-18(11-14-28)15-17(2)3)25-13-12-24-21-10-9-19-7-5-6-8-20(19)27-21/h5-10,17-18,28H,4,11-16H2,1-3H3,(H,24,27)(H2,23,25,26). The number of benzene rings is 1. The molecule has 0 saturated heterocycles. The Hall–Kier alpha value is -2.34. The molecule has 1 heterocycles. The number of pyridine rings is 1. The number of para-hydroxylation sites is 1. The molecule has 6 nitrogen and oxygen atoms in total. The largest absolute Gasteiger partial charge is 0.396 e. The van der Waals surface area contributed by atoms with Gasteiger partial charge in [-0.15, -0.1) is 0 Å². The second-order valence-corrected chi connectivity index (χ2v) is 7.47. The Morgan fingerprint density at radius 3 is 2.68 bits per heavy atom. The van der Waals surface area contributed by atoms with Crippen LogP contribution < -0.4 is 16.0 Å². The van der Waals surface area contributed by atoms with Crippen LogP contribution in [0.1, 0.15) is 33.6 Å². The lowest BCUT2D eigenvalue weighted by atomic mass is 9.94. The van der Waals surface area contributed by atoms with E-state index in [0.717, 1.165) is 61.7 Å². The first-order valence-corrected chi connectivity index (χ1v) is 10.3. The van der Waals surface area contributed by atoms with E-state index in [0.29, 0.717) is 11.8 Å². The van der Waals surface area contributed by atoms with E-state index in [9.17, 15) is 5.11 Å². The number of aliphatic hydroxyl groups excluding tert-OH is 1. The monoisotopic (exact) mass is 385 g/mol. The van der Waals surface area contributed by atoms with E-state index >= 15 is 0 Å². The molecule has 0 amide bonds. The SMILES string of the molecule is CCNC(=NCC(CCO)CC(C)C)NCCNc1ccc2ccccc2n1. The van der Waals surface area contributed by atoms with Gasteiger partial charge in [-0.3, -0.25) is 4.99 Å². The smallest absolute Gasteiger partial charge is 0.191 e. The average molecular weight is 386 g/mol. The van der Waals surface area contributed by atoms with Crippen molar-refractivity contribution in [1.82, 2.24) is 15.6 Å². The summed E-state index contributed by atoms with van der Waals surface area (Å²) in [7, 11) is 0. The van der Waals surface area contributed by atoms with Gasteiger partial charge >= 0.3 is 0 Å². The van der Waals surface area contributed by atoms with E-state index in [4.69, 9.17) is 4.99 Å². The number of aliphatic hydroxyl groups is 1. The summed E-state index contributed by atoms with van der Waals surface area (Å²) >= 11 is 0. The Morgan fingerprint density at radius 2 is 1.93 bits per heavy atom. The van der Waals surface area contributed by atoms with Crippen molar-refractivity contribution >= 4 is 22.7 Å². The number of hydrogen-bond donors (Lipinski definition) is 4. The summed E-state index contributed by atoms with van der Waals surface area (Å²) < 4.78 is 0. The number of rotatable bonds is 11. The summed E-state index contributed by atoms with van der Waals surface area (Å²) in [5.41, 5.74) is 0.996. The van der Waals surface area contributed by atoms with Gasteiger partial charge in [0.2, 0.25) is 0 Å². The molecule has 0 radical (unpaired) electrons. The number of nitrogens with one attached hydrogen (secondary N) is 3. The normalized spacial score (nSPS) is 13.0. The summed E-state index contributed by atoms with van der Waals surface area (Å²) in [5.74, 6) is 2.73. The molecule has 1 aromatic carbocycles. The maximum Gasteiger partial charge on any atom is 0.191 e. The molecule has 0 aliphatic heterocycles. The molecule has 1 aromatic heterocycles. The van der Waals surface area contributed by atoms with Gasteiger partial charge in [0.05, 0.1) is 5.52 Å². The van der Waals surface area contributed by atoms with Gasteiger partial charge in [0.1, 0.15) is 5.82 Å². The molecule has 0 spiro atoms. The molecule has 0 aliphatic rings. The minimum absolute atomic E-state index is 0.222. The maximum absolute atomic E-state index is 9.27. The quantitative estimate of drug-likeness (QED) is 0.271. The van der Waals surface area contributed by atoms with Crippen molar-refractivity contribution in [1.29, 1.82) is 0 Å². The van der Waals surface area contributed by atoms with Crippen LogP contribution in [0.5, 0.6) is 0 Å². The predicted molar refractivity (Wildman–Crippen MR) is 119 cm³/mol. The van der Waals surface area contributed by atoms with E-state index in [1.165, 1.54) is 0 Å². The van der Waals surface area contributed by atoms with Crippen molar-refractivity contribution in [2.75, 3.05) is 38.1 Å². The van der Waals surface area contributed by atoms with Gasteiger partial charge in [0, 0.05) is 38.2 Å². The number of anilines is 1. The molecule has 1 unspecified atom stereocenters. The Bertz CT molecular complexity index is 732. The number of fused-ring (bicyclic) bond motifs is 1. The van der Waals surface area contributed by atoms with Crippen LogP contribution >= 0.6 is 0 Å². The van der Waals surface area contributed by atoms with Gasteiger partial charge in [-0.05, 0) is 49.8 Å². The van der Waals surface area contributed by atoms with Gasteiger partial charge in [0.25, 0.3) is 0 Å². The number of guanidine groups is 1. The third kappa shape index (κ3) is 7.72. The van der Waals surface area contributed by atoms with E-state index < -0.39 is 0 Å². The predicted octanol–water partition coefficient (Wildman–Crippen LogP) is 3.25. The van der Waals surface area contributed by atoms with Crippen LogP contribution in [0.3, 0.4) is 0 Å². The lowest BCUT2D eigenvalue weighted by Gasteiger charge is -2.17. The van der Waals surface area contributed by atoms with Crippen molar-refractivity contribution in [3.63, 3.8) is 0 Å². The van der Waals surface area contributed by atoms with Gasteiger partial charge in [-0.2, -0.15) is 0 Å². The molecule has 0 aliphatic carbocycles. The van der Waals surface area contributed by atoms with Gasteiger partial charge in [0.15, 0.2) is 5.96 Å². The van der Waals surface area contributed by atoms with E-state index in [1.54, 1.807) is 0 Å². The lowest BCUT2D eigenvalue weighted by Crippen LogP contribution is -2.40. The molecule has 0 bridgehead atoms. The first-order valence-electron chi connectivity index (χ1n) is 10.3. The van der Waals surface area contributed by atoms with Crippen LogP contribution in [0.4, 0.5) is 5.82 Å². The molecule has 1 atom stereocenters. The summed E-state index contributed by atoms with van der Waals surface area (Å²) in [6.07, 6.45) is 1.88. The fourth-order valence-electron chi connectivity index (χ4n) is 3.23. The average Bonchev–Trinajstić information content (AvgIpc) is 2.68. The van der Waals surface area contributed by atoms with Gasteiger partial charge in [-0.25, -0.2) is 4.98 Å². The van der Waals surface area contributed by atoms with E-state index in [-0.39, 0.29) is 6.61 Å². The highest BCUT2D eigenvalue weighted by molar-refractivity contribution is 5.80. The summed E-state index contributed by atoms with van der Waals surface area (Å²) in [6.45, 7) is 9.76. The highest BCUT2D eigenvalue weighted by Crippen LogP contribution is 2.16. The van der Waals surface area contributed by atoms with Crippen molar-refractivity contribution in [2.45, 2.75) is 33.6 Å². The third-order valence-corrected chi connectivity index (χ3v) is 4.52. The van der Waals surface area contributed by atoms with Crippen molar-refractivity contribution in [3.8, 4) is 0 Å². The molecule has 0 fully saturated rings. The molecule has 28 heavy (non-hydrogen) atoms. The molecule has 6 heteroatoms. The number of aromatic nitrogens is 1. The van der Waals surface area contributed by atoms with Crippen LogP contribution in [0.15, 0.2) is 41.4 Å². The second-order valence-electron chi connectivity index (χ2n) is 7.47. The fraction of sp³-hybridized carbons (Fsp3) is 0.545. The second kappa shape index (κ2) is 12.2. The molecule has 0 saturated carbocycles. The highest BCUT2D eigenvalue weighted by Gasteiger charge is 2.10. The van der Waals surface area contributed by atoms with Crippen molar-refractivity contribution in [2.24, 2.45) is 16.8 Å². The molecule has 4 N–H and O–H groups in total. The number of aliphatic imine (C=N–C) groups is 1. The number of nitrogens with zero attached hydrogens (tertiary/aromatic N) is 2. The minimum atomic E-state index is 0.222. The molecular weight excluding hydrogens is 350 g/mol. The molecular formula is C22H35N5O. The van der Waals surface area contributed by atoms with Crippen LogP contribution in [-0.2, 0) is 0 Å². The number of hydrogen-bond acceptors (Lipinski definition) is 4. The summed E-state index contributed by atoms with van der Waals surface area (Å²) in [5, 5.41) is 20.4. The van der Waals surface area contributed by atoms with Crippen LogP contribution in [-0.4, -0.2) is 48.8 Å². The van der Waals surface area contributed by atoms with E-state index in [2.05, 4.69) is 53.8 Å². The van der Waals surface area contributed by atoms with Crippen LogP contribution in [0, 0.1) is 11.8 Å². The Labute approximate surface area is 168 Å². The summed E-state index contributed by atoms with van der Waals surface area (Å²) in [6, 6.07) is 12.2. The molecule has 2 aromatic rings. The molecule has 2 rings (SSSR count). The lowest BCUT2D eigenvalue weighted by molar-refractivity contribution is 0.245. The topological polar surface area (TPSA) is 81.6 Å². The minimum Gasteiger partial charge on any atom is -0.396 e. The Morgan fingerprint density at radius 1 is 1.11 bits per heavy atom. The fourth-order valence-corrected chi connectivity index (χ4v) is 3.23. The van der Waals surface area contributed by atoms with Gasteiger partial charge < -0.3 is 21.1 Å². The zero-order valence-electron chi connectivity index (χ0n) is 17.4. The zero-order chi connectivity index (χ0) is 20.2.